The van der Waals surface area contributed by atoms with Gasteiger partial charge in [0.2, 0.25) is 0 Å². The fourth-order valence-corrected chi connectivity index (χ4v) is 4.55. The van der Waals surface area contributed by atoms with E-state index >= 15 is 0 Å². The van der Waals surface area contributed by atoms with Crippen LogP contribution in [0.1, 0.15) is 32.3 Å². The van der Waals surface area contributed by atoms with Crippen LogP contribution in [0.4, 0.5) is 0 Å². The van der Waals surface area contributed by atoms with Crippen LogP contribution >= 0.6 is 11.8 Å². The number of thioether (sulfide) groups is 1. The Morgan fingerprint density at radius 3 is 2.35 bits per heavy atom. The first-order valence-corrected chi connectivity index (χ1v) is 10.0. The minimum absolute atomic E-state index is 0.269. The molecular formula is C15H25NO2S2. The van der Waals surface area contributed by atoms with Crippen LogP contribution in [0, 0.1) is 0 Å². The zero-order valence-electron chi connectivity index (χ0n) is 12.4. The fraction of sp³-hybridized carbons (Fsp3) is 0.600. The number of rotatable bonds is 10. The predicted octanol–water partition coefficient (Wildman–Crippen LogP) is 3.10. The van der Waals surface area contributed by atoms with Crippen molar-refractivity contribution in [2.75, 3.05) is 23.8 Å². The van der Waals surface area contributed by atoms with Crippen molar-refractivity contribution in [1.82, 2.24) is 5.32 Å². The predicted molar refractivity (Wildman–Crippen MR) is 88.1 cm³/mol. The summed E-state index contributed by atoms with van der Waals surface area (Å²) in [5.74, 6) is 1.21. The van der Waals surface area contributed by atoms with Gasteiger partial charge in [-0.15, -0.1) is 11.8 Å². The van der Waals surface area contributed by atoms with E-state index in [0.29, 0.717) is 17.9 Å². The van der Waals surface area contributed by atoms with Gasteiger partial charge in [-0.25, -0.2) is 8.42 Å². The maximum Gasteiger partial charge on any atom is 0.151 e. The van der Waals surface area contributed by atoms with E-state index in [0.717, 1.165) is 24.4 Å². The van der Waals surface area contributed by atoms with Crippen LogP contribution in [-0.2, 0) is 16.4 Å². The number of hydrogen-bond donors (Lipinski definition) is 1. The highest BCUT2D eigenvalue weighted by Gasteiger charge is 2.08. The molecule has 0 aromatic heterocycles. The normalized spacial score (nSPS) is 11.7. The molecular weight excluding hydrogens is 290 g/mol. The third-order valence-electron chi connectivity index (χ3n) is 2.86. The molecule has 0 bridgehead atoms. The van der Waals surface area contributed by atoms with Crippen molar-refractivity contribution in [2.45, 2.75) is 38.1 Å². The Hall–Kier alpha value is -0.520. The number of benzene rings is 1. The Kier molecular flexibility index (Phi) is 8.26. The smallest absolute Gasteiger partial charge is 0.151 e. The largest absolute Gasteiger partial charge is 0.313 e. The van der Waals surface area contributed by atoms with Crippen molar-refractivity contribution in [3.05, 3.63) is 29.8 Å². The van der Waals surface area contributed by atoms with Gasteiger partial charge in [0.15, 0.2) is 9.84 Å². The van der Waals surface area contributed by atoms with Crippen LogP contribution in [0.2, 0.25) is 0 Å². The van der Waals surface area contributed by atoms with Crippen molar-refractivity contribution in [1.29, 1.82) is 0 Å². The topological polar surface area (TPSA) is 46.2 Å². The van der Waals surface area contributed by atoms with Gasteiger partial charge in [-0.3, -0.25) is 0 Å². The summed E-state index contributed by atoms with van der Waals surface area (Å²) in [6, 6.07) is 8.34. The molecule has 0 heterocycles. The summed E-state index contributed by atoms with van der Waals surface area (Å²) in [5, 5.41) is 3.36. The number of nitrogens with one attached hydrogen (secondary N) is 1. The van der Waals surface area contributed by atoms with Crippen molar-refractivity contribution in [2.24, 2.45) is 0 Å². The van der Waals surface area contributed by atoms with Crippen molar-refractivity contribution in [3.63, 3.8) is 0 Å². The highest BCUT2D eigenvalue weighted by atomic mass is 32.2. The van der Waals surface area contributed by atoms with Crippen LogP contribution in [0.3, 0.4) is 0 Å². The van der Waals surface area contributed by atoms with Crippen LogP contribution in [0.25, 0.3) is 0 Å². The molecule has 3 nitrogen and oxygen atoms in total. The maximum atomic E-state index is 11.6. The van der Waals surface area contributed by atoms with Gasteiger partial charge >= 0.3 is 0 Å². The molecule has 0 fully saturated rings. The van der Waals surface area contributed by atoms with Gasteiger partial charge in [0, 0.05) is 22.9 Å². The summed E-state index contributed by atoms with van der Waals surface area (Å²) in [4.78, 5) is 1.14. The number of hydrogen-bond acceptors (Lipinski definition) is 4. The zero-order valence-corrected chi connectivity index (χ0v) is 14.0. The summed E-state index contributed by atoms with van der Waals surface area (Å²) in [5.41, 5.74) is 1.27. The summed E-state index contributed by atoms with van der Waals surface area (Å²) in [6.07, 6.45) is 1.84. The van der Waals surface area contributed by atoms with Gasteiger partial charge in [-0.2, -0.15) is 0 Å². The Bertz CT molecular complexity index is 469. The molecule has 1 rings (SSSR count). The molecule has 0 radical (unpaired) electrons. The van der Waals surface area contributed by atoms with Gasteiger partial charge in [0.1, 0.15) is 0 Å². The maximum absolute atomic E-state index is 11.6. The van der Waals surface area contributed by atoms with Gasteiger partial charge in [-0.1, -0.05) is 26.0 Å². The SMILES string of the molecule is CCCNCc1ccc(SCCS(=O)(=O)CCC)cc1. The standard InChI is InChI=1S/C15H25NO2S2/c1-3-9-16-13-14-5-7-15(8-6-14)19-10-12-20(17,18)11-4-2/h5-8,16H,3-4,9-13H2,1-2H3. The molecule has 0 atom stereocenters. The number of sulfone groups is 1. The average Bonchev–Trinajstić information content (AvgIpc) is 2.40. The van der Waals surface area contributed by atoms with E-state index < -0.39 is 9.84 Å². The van der Waals surface area contributed by atoms with Crippen molar-refractivity contribution < 1.29 is 8.42 Å². The molecule has 1 N–H and O–H groups in total. The Morgan fingerprint density at radius 1 is 1.05 bits per heavy atom. The summed E-state index contributed by atoms with van der Waals surface area (Å²) >= 11 is 1.61. The van der Waals surface area contributed by atoms with E-state index in [1.807, 2.05) is 6.92 Å². The minimum atomic E-state index is -2.86. The third-order valence-corrected chi connectivity index (χ3v) is 5.99. The molecule has 5 heteroatoms. The highest BCUT2D eigenvalue weighted by molar-refractivity contribution is 8.00. The Balaban J connectivity index is 2.34. The molecule has 0 saturated carbocycles. The highest BCUT2D eigenvalue weighted by Crippen LogP contribution is 2.19. The van der Waals surface area contributed by atoms with Crippen molar-refractivity contribution in [3.8, 4) is 0 Å². The molecule has 20 heavy (non-hydrogen) atoms. The fourth-order valence-electron chi connectivity index (χ4n) is 1.81. The van der Waals surface area contributed by atoms with Crippen LogP contribution < -0.4 is 5.32 Å². The lowest BCUT2D eigenvalue weighted by atomic mass is 10.2. The molecule has 1 aromatic carbocycles. The van der Waals surface area contributed by atoms with E-state index in [1.54, 1.807) is 11.8 Å². The lowest BCUT2D eigenvalue weighted by Crippen LogP contribution is -2.13. The van der Waals surface area contributed by atoms with E-state index in [9.17, 15) is 8.42 Å². The second-order valence-corrected chi connectivity index (χ2v) is 8.29. The van der Waals surface area contributed by atoms with Gasteiger partial charge in [0.05, 0.1) is 5.75 Å². The van der Waals surface area contributed by atoms with Crippen molar-refractivity contribution >= 4 is 21.6 Å². The molecule has 0 saturated heterocycles. The monoisotopic (exact) mass is 315 g/mol. The molecule has 0 spiro atoms. The van der Waals surface area contributed by atoms with E-state index in [-0.39, 0.29) is 5.75 Å². The third kappa shape index (κ3) is 7.31. The van der Waals surface area contributed by atoms with Crippen LogP contribution in [-0.4, -0.2) is 32.2 Å². The first kappa shape index (κ1) is 17.5. The molecule has 0 aliphatic heterocycles. The van der Waals surface area contributed by atoms with E-state index in [4.69, 9.17) is 0 Å². The summed E-state index contributed by atoms with van der Waals surface area (Å²) in [7, 11) is -2.86. The van der Waals surface area contributed by atoms with Gasteiger partial charge in [-0.05, 0) is 37.1 Å². The van der Waals surface area contributed by atoms with Crippen LogP contribution in [0.15, 0.2) is 29.2 Å². The molecule has 0 unspecified atom stereocenters. The van der Waals surface area contributed by atoms with E-state index in [2.05, 4.69) is 36.5 Å². The van der Waals surface area contributed by atoms with Gasteiger partial charge in [0.25, 0.3) is 0 Å². The summed E-state index contributed by atoms with van der Waals surface area (Å²) < 4.78 is 23.2. The first-order valence-electron chi connectivity index (χ1n) is 7.20. The average molecular weight is 316 g/mol. The molecule has 0 aliphatic rings. The van der Waals surface area contributed by atoms with Crippen LogP contribution in [0.5, 0.6) is 0 Å². The van der Waals surface area contributed by atoms with E-state index in [1.165, 1.54) is 5.56 Å². The Labute approximate surface area is 127 Å². The summed E-state index contributed by atoms with van der Waals surface area (Å²) in [6.45, 7) is 5.98. The molecule has 1 aromatic rings. The molecule has 0 amide bonds. The second-order valence-electron chi connectivity index (χ2n) is 4.82. The lowest BCUT2D eigenvalue weighted by Gasteiger charge is -2.06. The quantitative estimate of drug-likeness (QED) is 0.532. The first-order chi connectivity index (χ1) is 9.57. The minimum Gasteiger partial charge on any atom is -0.313 e. The zero-order chi connectivity index (χ0) is 14.8. The second kappa shape index (κ2) is 9.42. The lowest BCUT2D eigenvalue weighted by molar-refractivity contribution is 0.596. The Morgan fingerprint density at radius 2 is 1.75 bits per heavy atom. The molecule has 0 aliphatic carbocycles. The van der Waals surface area contributed by atoms with Gasteiger partial charge < -0.3 is 5.32 Å². The molecule has 114 valence electrons.